The number of benzene rings is 3. The van der Waals surface area contributed by atoms with Gasteiger partial charge < -0.3 is 9.64 Å². The quantitative estimate of drug-likeness (QED) is 0.364. The van der Waals surface area contributed by atoms with E-state index in [1.54, 1.807) is 6.07 Å². The third kappa shape index (κ3) is 5.15. The number of hydrogen-bond donors (Lipinski definition) is 0. The van der Waals surface area contributed by atoms with E-state index in [4.69, 9.17) is 16.3 Å². The molecule has 0 N–H and O–H groups in total. The summed E-state index contributed by atoms with van der Waals surface area (Å²) in [6.45, 7) is 3.88. The summed E-state index contributed by atoms with van der Waals surface area (Å²) in [6, 6.07) is 23.5. The van der Waals surface area contributed by atoms with Crippen molar-refractivity contribution in [3.05, 3.63) is 94.0 Å². The number of hydrogen-bond acceptors (Lipinski definition) is 3. The molecule has 0 aliphatic carbocycles. The van der Waals surface area contributed by atoms with Crippen LogP contribution in [0.2, 0.25) is 0 Å². The van der Waals surface area contributed by atoms with Gasteiger partial charge in [-0.25, -0.2) is 0 Å². The van der Waals surface area contributed by atoms with E-state index in [1.165, 1.54) is 0 Å². The number of carbonyl (C=O) groups is 1. The van der Waals surface area contributed by atoms with E-state index in [-0.39, 0.29) is 0 Å². The van der Waals surface area contributed by atoms with Crippen LogP contribution in [0.25, 0.3) is 0 Å². The fraction of sp³-hybridized carbons (Fsp3) is 0.174. The van der Waals surface area contributed by atoms with Crippen molar-refractivity contribution >= 4 is 38.5 Å². The molecule has 0 amide bonds. The van der Waals surface area contributed by atoms with Crippen molar-refractivity contribution in [1.29, 1.82) is 0 Å². The zero-order valence-corrected chi connectivity index (χ0v) is 17.9. The first-order valence-corrected chi connectivity index (χ1v) is 10.2. The Kier molecular flexibility index (Phi) is 7.12. The Balaban J connectivity index is 1.86. The molecule has 3 nitrogen and oxygen atoms in total. The third-order valence-corrected chi connectivity index (χ3v) is 5.16. The zero-order valence-electron chi connectivity index (χ0n) is 15.6. The minimum Gasteiger partial charge on any atom is -0.489 e. The van der Waals surface area contributed by atoms with Gasteiger partial charge in [0.25, 0.3) is 5.24 Å². The lowest BCUT2D eigenvalue weighted by atomic mass is 10.1. The van der Waals surface area contributed by atoms with Crippen molar-refractivity contribution in [1.82, 2.24) is 0 Å². The van der Waals surface area contributed by atoms with Gasteiger partial charge in [-0.2, -0.15) is 0 Å². The number of rotatable bonds is 8. The first-order valence-electron chi connectivity index (χ1n) is 9.07. The number of nitrogens with zero attached hydrogens (tertiary/aromatic N) is 1. The van der Waals surface area contributed by atoms with Crippen LogP contribution in [0.15, 0.2) is 77.3 Å². The van der Waals surface area contributed by atoms with Gasteiger partial charge in [0.05, 0.1) is 5.56 Å². The summed E-state index contributed by atoms with van der Waals surface area (Å²) < 4.78 is 7.08. The number of para-hydroxylation sites is 1. The summed E-state index contributed by atoms with van der Waals surface area (Å²) in [5.74, 6) is 0.820. The van der Waals surface area contributed by atoms with E-state index in [0.717, 1.165) is 33.6 Å². The molecule has 0 saturated heterocycles. The molecule has 0 fully saturated rings. The monoisotopic (exact) mass is 457 g/mol. The van der Waals surface area contributed by atoms with Crippen LogP contribution >= 0.6 is 27.5 Å². The van der Waals surface area contributed by atoms with Crippen molar-refractivity contribution in [3.63, 3.8) is 0 Å². The molecular weight excluding hydrogens is 438 g/mol. The maximum absolute atomic E-state index is 11.8. The molecule has 0 atom stereocenters. The van der Waals surface area contributed by atoms with E-state index in [2.05, 4.69) is 27.8 Å². The van der Waals surface area contributed by atoms with E-state index in [1.807, 2.05) is 66.7 Å². The minimum atomic E-state index is -0.455. The molecule has 0 aromatic heterocycles. The number of anilines is 1. The molecule has 3 aromatic carbocycles. The summed E-state index contributed by atoms with van der Waals surface area (Å²) in [4.78, 5) is 13.9. The molecule has 0 spiro atoms. The number of ether oxygens (including phenoxy) is 1. The Labute approximate surface area is 179 Å². The first kappa shape index (κ1) is 20.4. The van der Waals surface area contributed by atoms with Crippen LogP contribution in [0, 0.1) is 0 Å². The van der Waals surface area contributed by atoms with Crippen LogP contribution in [0.4, 0.5) is 5.69 Å². The normalized spacial score (nSPS) is 10.5. The lowest BCUT2D eigenvalue weighted by Crippen LogP contribution is -2.24. The molecule has 3 rings (SSSR count). The molecule has 0 saturated carbocycles. The summed E-state index contributed by atoms with van der Waals surface area (Å²) in [5.41, 5.74) is 3.47. The van der Waals surface area contributed by atoms with E-state index in [0.29, 0.717) is 18.7 Å². The van der Waals surface area contributed by atoms with Crippen molar-refractivity contribution in [2.24, 2.45) is 0 Å². The Hall–Kier alpha value is -2.30. The molecule has 0 radical (unpaired) electrons. The van der Waals surface area contributed by atoms with Gasteiger partial charge >= 0.3 is 0 Å². The van der Waals surface area contributed by atoms with Crippen LogP contribution in [0.1, 0.15) is 28.4 Å². The standard InChI is InChI=1S/C23H21BrClNO2/c1-2-26(21-11-7-6-10-20(21)23(25)27)15-18-14-19(24)12-13-22(18)28-16-17-8-4-3-5-9-17/h3-14H,2,15-16H2,1H3. The number of carbonyl (C=O) groups excluding carboxylic acids is 1. The third-order valence-electron chi connectivity index (χ3n) is 4.46. The SMILES string of the molecule is CCN(Cc1cc(Br)ccc1OCc1ccccc1)c1ccccc1C(=O)Cl. The van der Waals surface area contributed by atoms with Crippen LogP contribution in [0.3, 0.4) is 0 Å². The largest absolute Gasteiger partial charge is 0.489 e. The van der Waals surface area contributed by atoms with Gasteiger partial charge in [-0.1, -0.05) is 58.4 Å². The Morgan fingerprint density at radius 3 is 2.46 bits per heavy atom. The summed E-state index contributed by atoms with van der Waals surface area (Å²) in [6.07, 6.45) is 0. The second-order valence-electron chi connectivity index (χ2n) is 6.33. The Morgan fingerprint density at radius 2 is 1.75 bits per heavy atom. The van der Waals surface area contributed by atoms with Crippen molar-refractivity contribution in [3.8, 4) is 5.75 Å². The van der Waals surface area contributed by atoms with Crippen molar-refractivity contribution in [2.45, 2.75) is 20.1 Å². The van der Waals surface area contributed by atoms with Crippen LogP contribution in [-0.2, 0) is 13.2 Å². The van der Waals surface area contributed by atoms with Crippen LogP contribution in [-0.4, -0.2) is 11.8 Å². The lowest BCUT2D eigenvalue weighted by molar-refractivity contribution is 0.108. The van der Waals surface area contributed by atoms with Gasteiger partial charge in [-0.05, 0) is 54.4 Å². The fourth-order valence-electron chi connectivity index (χ4n) is 3.04. The van der Waals surface area contributed by atoms with Crippen LogP contribution < -0.4 is 9.64 Å². The van der Waals surface area contributed by atoms with Gasteiger partial charge in [-0.15, -0.1) is 0 Å². The highest BCUT2D eigenvalue weighted by Crippen LogP contribution is 2.29. The molecule has 144 valence electrons. The van der Waals surface area contributed by atoms with Crippen molar-refractivity contribution < 1.29 is 9.53 Å². The summed E-state index contributed by atoms with van der Waals surface area (Å²) in [5, 5.41) is -0.455. The van der Waals surface area contributed by atoms with Gasteiger partial charge in [0.2, 0.25) is 0 Å². The van der Waals surface area contributed by atoms with Crippen LogP contribution in [0.5, 0.6) is 5.75 Å². The highest BCUT2D eigenvalue weighted by atomic mass is 79.9. The highest BCUT2D eigenvalue weighted by molar-refractivity contribution is 9.10. The lowest BCUT2D eigenvalue weighted by Gasteiger charge is -2.26. The molecule has 0 heterocycles. The average Bonchev–Trinajstić information content (AvgIpc) is 2.72. The summed E-state index contributed by atoms with van der Waals surface area (Å²) >= 11 is 9.34. The topological polar surface area (TPSA) is 29.5 Å². The number of halogens is 2. The van der Waals surface area contributed by atoms with Crippen molar-refractivity contribution in [2.75, 3.05) is 11.4 Å². The second kappa shape index (κ2) is 9.76. The Bertz CT molecular complexity index is 946. The fourth-order valence-corrected chi connectivity index (χ4v) is 3.60. The predicted octanol–water partition coefficient (Wildman–Crippen LogP) is 6.43. The molecule has 0 bridgehead atoms. The minimum absolute atomic E-state index is 0.455. The van der Waals surface area contributed by atoms with E-state index >= 15 is 0 Å². The molecule has 0 aliphatic rings. The Morgan fingerprint density at radius 1 is 1.04 bits per heavy atom. The van der Waals surface area contributed by atoms with Gasteiger partial charge in [0.15, 0.2) is 0 Å². The molecular formula is C23H21BrClNO2. The molecule has 3 aromatic rings. The smallest absolute Gasteiger partial charge is 0.254 e. The molecule has 0 unspecified atom stereocenters. The first-order chi connectivity index (χ1) is 13.6. The van der Waals surface area contributed by atoms with E-state index in [9.17, 15) is 4.79 Å². The molecule has 0 aliphatic heterocycles. The van der Waals surface area contributed by atoms with E-state index < -0.39 is 5.24 Å². The maximum atomic E-state index is 11.8. The van der Waals surface area contributed by atoms with Gasteiger partial charge in [0, 0.05) is 28.8 Å². The molecule has 5 heteroatoms. The molecule has 28 heavy (non-hydrogen) atoms. The highest BCUT2D eigenvalue weighted by Gasteiger charge is 2.16. The van der Waals surface area contributed by atoms with Gasteiger partial charge in [-0.3, -0.25) is 4.79 Å². The maximum Gasteiger partial charge on any atom is 0.254 e. The summed E-state index contributed by atoms with van der Waals surface area (Å²) in [7, 11) is 0. The average molecular weight is 459 g/mol. The second-order valence-corrected chi connectivity index (χ2v) is 7.59. The predicted molar refractivity (Wildman–Crippen MR) is 118 cm³/mol. The zero-order chi connectivity index (χ0) is 19.9. The van der Waals surface area contributed by atoms with Gasteiger partial charge in [0.1, 0.15) is 12.4 Å².